The molecule has 1 amide bonds. The van der Waals surface area contributed by atoms with Crippen molar-refractivity contribution in [2.24, 2.45) is 5.92 Å². The van der Waals surface area contributed by atoms with Gasteiger partial charge in [-0.3, -0.25) is 4.79 Å². The first kappa shape index (κ1) is 15.0. The second-order valence-electron chi connectivity index (χ2n) is 5.10. The number of hydrogen-bond donors (Lipinski definition) is 2. The molecule has 0 radical (unpaired) electrons. The standard InChI is InChI=1S/C15H19NO3S/c1-10-5-6-16(12(10)9-18)15(19)14-8-11(2)13(20-14)4-3-7-17/h8,10,12,17-18H,5-7,9H2,1-2H3. The monoisotopic (exact) mass is 293 g/mol. The number of likely N-dealkylation sites (tertiary alicyclic amines) is 1. The van der Waals surface area contributed by atoms with Gasteiger partial charge >= 0.3 is 0 Å². The smallest absolute Gasteiger partial charge is 0.264 e. The van der Waals surface area contributed by atoms with E-state index in [-0.39, 0.29) is 25.2 Å². The highest BCUT2D eigenvalue weighted by Gasteiger charge is 2.34. The average Bonchev–Trinajstić information content (AvgIpc) is 2.99. The fraction of sp³-hybridized carbons (Fsp3) is 0.533. The number of nitrogens with zero attached hydrogens (tertiary/aromatic N) is 1. The van der Waals surface area contributed by atoms with Crippen LogP contribution in [0.3, 0.4) is 0 Å². The summed E-state index contributed by atoms with van der Waals surface area (Å²) in [5.41, 5.74) is 0.951. The first-order valence-electron chi connectivity index (χ1n) is 6.70. The van der Waals surface area contributed by atoms with E-state index >= 15 is 0 Å². The molecule has 1 aliphatic heterocycles. The van der Waals surface area contributed by atoms with Gasteiger partial charge in [-0.1, -0.05) is 18.8 Å². The third kappa shape index (κ3) is 2.88. The van der Waals surface area contributed by atoms with Crippen molar-refractivity contribution < 1.29 is 15.0 Å². The van der Waals surface area contributed by atoms with Gasteiger partial charge in [0.05, 0.1) is 22.4 Å². The summed E-state index contributed by atoms with van der Waals surface area (Å²) in [5, 5.41) is 18.2. The lowest BCUT2D eigenvalue weighted by Crippen LogP contribution is -2.39. The second kappa shape index (κ2) is 6.40. The molecule has 4 nitrogen and oxygen atoms in total. The number of aliphatic hydroxyl groups is 2. The van der Waals surface area contributed by atoms with Gasteiger partial charge in [0, 0.05) is 6.54 Å². The Morgan fingerprint density at radius 1 is 1.55 bits per heavy atom. The van der Waals surface area contributed by atoms with Crippen LogP contribution < -0.4 is 0 Å². The molecule has 1 aromatic rings. The van der Waals surface area contributed by atoms with E-state index in [4.69, 9.17) is 5.11 Å². The molecular formula is C15H19NO3S. The van der Waals surface area contributed by atoms with Gasteiger partial charge in [0.2, 0.25) is 0 Å². The summed E-state index contributed by atoms with van der Waals surface area (Å²) in [6.07, 6.45) is 0.929. The summed E-state index contributed by atoms with van der Waals surface area (Å²) >= 11 is 1.35. The molecule has 108 valence electrons. The first-order valence-corrected chi connectivity index (χ1v) is 7.52. The van der Waals surface area contributed by atoms with Crippen molar-refractivity contribution in [3.8, 4) is 11.8 Å². The average molecular weight is 293 g/mol. The van der Waals surface area contributed by atoms with Crippen LogP contribution in [0.25, 0.3) is 0 Å². The maximum Gasteiger partial charge on any atom is 0.264 e. The van der Waals surface area contributed by atoms with Gasteiger partial charge in [0.1, 0.15) is 6.61 Å². The first-order chi connectivity index (χ1) is 9.58. The summed E-state index contributed by atoms with van der Waals surface area (Å²) in [4.78, 5) is 15.8. The summed E-state index contributed by atoms with van der Waals surface area (Å²) in [7, 11) is 0. The topological polar surface area (TPSA) is 60.8 Å². The molecule has 2 rings (SSSR count). The summed E-state index contributed by atoms with van der Waals surface area (Å²) in [6.45, 7) is 4.49. The van der Waals surface area contributed by atoms with Crippen molar-refractivity contribution in [3.05, 3.63) is 21.4 Å². The van der Waals surface area contributed by atoms with Gasteiger partial charge in [-0.05, 0) is 30.9 Å². The number of aryl methyl sites for hydroxylation is 1. The van der Waals surface area contributed by atoms with E-state index in [1.807, 2.05) is 13.0 Å². The molecular weight excluding hydrogens is 274 g/mol. The molecule has 2 unspecified atom stereocenters. The van der Waals surface area contributed by atoms with Crippen LogP contribution in [0.15, 0.2) is 6.07 Å². The molecule has 1 aromatic heterocycles. The Hall–Kier alpha value is -1.35. The van der Waals surface area contributed by atoms with Crippen molar-refractivity contribution in [1.29, 1.82) is 0 Å². The molecule has 5 heteroatoms. The predicted molar refractivity (Wildman–Crippen MR) is 78.7 cm³/mol. The molecule has 2 N–H and O–H groups in total. The van der Waals surface area contributed by atoms with Crippen LogP contribution in [0.2, 0.25) is 0 Å². The predicted octanol–water partition coefficient (Wildman–Crippen LogP) is 1.24. The summed E-state index contributed by atoms with van der Waals surface area (Å²) < 4.78 is 0. The third-order valence-electron chi connectivity index (χ3n) is 3.74. The van der Waals surface area contributed by atoms with Crippen molar-refractivity contribution in [2.45, 2.75) is 26.3 Å². The number of thiophene rings is 1. The number of aliphatic hydroxyl groups excluding tert-OH is 2. The number of carbonyl (C=O) groups excluding carboxylic acids is 1. The van der Waals surface area contributed by atoms with Crippen LogP contribution in [0.5, 0.6) is 0 Å². The minimum absolute atomic E-state index is 0.00837. The maximum absolute atomic E-state index is 12.5. The van der Waals surface area contributed by atoms with E-state index in [0.717, 1.165) is 16.9 Å². The minimum atomic E-state index is -0.184. The molecule has 0 saturated carbocycles. The van der Waals surface area contributed by atoms with Gasteiger partial charge < -0.3 is 15.1 Å². The van der Waals surface area contributed by atoms with Crippen molar-refractivity contribution >= 4 is 17.2 Å². The maximum atomic E-state index is 12.5. The van der Waals surface area contributed by atoms with Crippen LogP contribution in [-0.4, -0.2) is 46.8 Å². The Morgan fingerprint density at radius 3 is 2.95 bits per heavy atom. The third-order valence-corrected chi connectivity index (χ3v) is 4.88. The minimum Gasteiger partial charge on any atom is -0.394 e. The zero-order chi connectivity index (χ0) is 14.7. The number of hydrogen-bond acceptors (Lipinski definition) is 4. The fourth-order valence-electron chi connectivity index (χ4n) is 2.51. The Labute approximate surface area is 123 Å². The van der Waals surface area contributed by atoms with E-state index in [0.29, 0.717) is 17.3 Å². The molecule has 1 saturated heterocycles. The zero-order valence-electron chi connectivity index (χ0n) is 11.7. The number of rotatable bonds is 2. The molecule has 1 fully saturated rings. The lowest BCUT2D eigenvalue weighted by Gasteiger charge is -2.24. The van der Waals surface area contributed by atoms with E-state index in [1.165, 1.54) is 11.3 Å². The molecule has 0 aliphatic carbocycles. The van der Waals surface area contributed by atoms with Gasteiger partial charge in [0.25, 0.3) is 5.91 Å². The van der Waals surface area contributed by atoms with E-state index < -0.39 is 0 Å². The largest absolute Gasteiger partial charge is 0.394 e. The molecule has 0 bridgehead atoms. The number of amides is 1. The zero-order valence-corrected chi connectivity index (χ0v) is 12.5. The highest BCUT2D eigenvalue weighted by molar-refractivity contribution is 7.14. The van der Waals surface area contributed by atoms with Crippen molar-refractivity contribution in [1.82, 2.24) is 4.90 Å². The van der Waals surface area contributed by atoms with E-state index in [2.05, 4.69) is 18.8 Å². The van der Waals surface area contributed by atoms with Crippen LogP contribution >= 0.6 is 11.3 Å². The Morgan fingerprint density at radius 2 is 2.30 bits per heavy atom. The van der Waals surface area contributed by atoms with E-state index in [9.17, 15) is 9.90 Å². The SMILES string of the molecule is Cc1cc(C(=O)N2CCC(C)C2CO)sc1C#CCO. The normalized spacial score (nSPS) is 21.7. The highest BCUT2D eigenvalue weighted by Crippen LogP contribution is 2.28. The van der Waals surface area contributed by atoms with Crippen molar-refractivity contribution in [3.63, 3.8) is 0 Å². The molecule has 0 aromatic carbocycles. The Balaban J connectivity index is 2.21. The van der Waals surface area contributed by atoms with Crippen LogP contribution in [0.4, 0.5) is 0 Å². The molecule has 2 atom stereocenters. The summed E-state index contributed by atoms with van der Waals surface area (Å²) in [6, 6.07) is 1.75. The van der Waals surface area contributed by atoms with Crippen LogP contribution in [0.1, 0.15) is 33.5 Å². The Bertz CT molecular complexity index is 555. The van der Waals surface area contributed by atoms with Crippen molar-refractivity contribution in [2.75, 3.05) is 19.8 Å². The van der Waals surface area contributed by atoms with E-state index in [1.54, 1.807) is 4.90 Å². The quantitative estimate of drug-likeness (QED) is 0.807. The van der Waals surface area contributed by atoms with Gasteiger partial charge in [-0.2, -0.15) is 0 Å². The molecule has 1 aliphatic rings. The molecule has 0 spiro atoms. The second-order valence-corrected chi connectivity index (χ2v) is 6.15. The molecule has 20 heavy (non-hydrogen) atoms. The van der Waals surface area contributed by atoms with Gasteiger partial charge in [-0.25, -0.2) is 0 Å². The van der Waals surface area contributed by atoms with Crippen LogP contribution in [-0.2, 0) is 0 Å². The lowest BCUT2D eigenvalue weighted by atomic mass is 10.0. The van der Waals surface area contributed by atoms with Crippen LogP contribution in [0, 0.1) is 24.7 Å². The summed E-state index contributed by atoms with van der Waals surface area (Å²) in [5.74, 6) is 5.77. The van der Waals surface area contributed by atoms with Gasteiger partial charge in [0.15, 0.2) is 0 Å². The lowest BCUT2D eigenvalue weighted by molar-refractivity contribution is 0.0653. The Kier molecular flexibility index (Phi) is 4.81. The fourth-order valence-corrected chi connectivity index (χ4v) is 3.52. The number of carbonyl (C=O) groups is 1. The van der Waals surface area contributed by atoms with Gasteiger partial charge in [-0.15, -0.1) is 11.3 Å². The highest BCUT2D eigenvalue weighted by atomic mass is 32.1. The molecule has 2 heterocycles.